The maximum absolute atomic E-state index is 13.0. The Hall–Kier alpha value is -3.39. The molecule has 2 aromatic carbocycles. The molecule has 0 aliphatic rings. The molecular weight excluding hydrogens is 392 g/mol. The summed E-state index contributed by atoms with van der Waals surface area (Å²) in [6.45, 7) is -0.112. The van der Waals surface area contributed by atoms with E-state index < -0.39 is 26.9 Å². The maximum Gasteiger partial charge on any atom is 0.309 e. The molecule has 0 bridgehead atoms. The van der Waals surface area contributed by atoms with Crippen molar-refractivity contribution in [3.8, 4) is 0 Å². The Morgan fingerprint density at radius 2 is 1.45 bits per heavy atom. The van der Waals surface area contributed by atoms with Crippen LogP contribution in [0.5, 0.6) is 0 Å². The molecule has 3 rings (SSSR count). The lowest BCUT2D eigenvalue weighted by Crippen LogP contribution is -2.42. The number of hydrogen-bond acceptors (Lipinski definition) is 5. The van der Waals surface area contributed by atoms with Crippen molar-refractivity contribution >= 4 is 21.7 Å². The summed E-state index contributed by atoms with van der Waals surface area (Å²) in [7, 11) is -3.84. The fourth-order valence-electron chi connectivity index (χ4n) is 2.74. The van der Waals surface area contributed by atoms with Crippen molar-refractivity contribution in [1.82, 2.24) is 10.6 Å². The zero-order valence-corrected chi connectivity index (χ0v) is 16.3. The van der Waals surface area contributed by atoms with Crippen LogP contribution in [0.4, 0.5) is 0 Å². The zero-order valence-electron chi connectivity index (χ0n) is 15.4. The maximum atomic E-state index is 13.0. The molecule has 0 unspecified atom stereocenters. The molecule has 0 aliphatic carbocycles. The largest absolute Gasteiger partial charge is 0.468 e. The van der Waals surface area contributed by atoms with Gasteiger partial charge in [-0.15, -0.1) is 0 Å². The van der Waals surface area contributed by atoms with Gasteiger partial charge in [-0.2, -0.15) is 0 Å². The first-order chi connectivity index (χ1) is 14.0. The number of carbonyl (C=O) groups excluding carboxylic acids is 2. The van der Waals surface area contributed by atoms with Crippen LogP contribution in [0.25, 0.3) is 0 Å². The SMILES string of the molecule is O=C(NCc1ccccc1)C(=O)NC[C@H](c1ccco1)S(=O)(=O)c1ccccc1. The van der Waals surface area contributed by atoms with E-state index in [2.05, 4.69) is 10.6 Å². The van der Waals surface area contributed by atoms with Crippen LogP contribution >= 0.6 is 0 Å². The number of amides is 2. The quantitative estimate of drug-likeness (QED) is 0.579. The van der Waals surface area contributed by atoms with E-state index in [9.17, 15) is 18.0 Å². The normalized spacial score (nSPS) is 12.1. The molecule has 150 valence electrons. The number of sulfone groups is 1. The predicted molar refractivity (Wildman–Crippen MR) is 106 cm³/mol. The van der Waals surface area contributed by atoms with Gasteiger partial charge in [0.1, 0.15) is 11.0 Å². The summed E-state index contributed by atoms with van der Waals surface area (Å²) in [6, 6.07) is 20.1. The molecule has 0 saturated heterocycles. The number of hydrogen-bond donors (Lipinski definition) is 2. The number of nitrogens with one attached hydrogen (secondary N) is 2. The minimum absolute atomic E-state index is 0.101. The summed E-state index contributed by atoms with van der Waals surface area (Å²) in [5.74, 6) is -1.58. The lowest BCUT2D eigenvalue weighted by Gasteiger charge is -2.16. The Morgan fingerprint density at radius 1 is 0.828 bits per heavy atom. The summed E-state index contributed by atoms with van der Waals surface area (Å²) >= 11 is 0. The van der Waals surface area contributed by atoms with Crippen LogP contribution in [0.2, 0.25) is 0 Å². The lowest BCUT2D eigenvalue weighted by molar-refractivity contribution is -0.139. The third-order valence-corrected chi connectivity index (χ3v) is 6.33. The molecule has 1 atom stereocenters. The highest BCUT2D eigenvalue weighted by Gasteiger charge is 2.32. The third kappa shape index (κ3) is 5.11. The molecule has 29 heavy (non-hydrogen) atoms. The van der Waals surface area contributed by atoms with Crippen molar-refractivity contribution in [2.75, 3.05) is 6.54 Å². The highest BCUT2D eigenvalue weighted by atomic mass is 32.2. The highest BCUT2D eigenvalue weighted by Crippen LogP contribution is 2.28. The Labute approximate surface area is 168 Å². The summed E-state index contributed by atoms with van der Waals surface area (Å²) in [4.78, 5) is 24.3. The van der Waals surface area contributed by atoms with E-state index in [1.165, 1.54) is 24.5 Å². The Bertz CT molecular complexity index is 1050. The van der Waals surface area contributed by atoms with Crippen LogP contribution in [-0.4, -0.2) is 26.8 Å². The number of rotatable bonds is 7. The molecule has 0 fully saturated rings. The molecule has 2 N–H and O–H groups in total. The van der Waals surface area contributed by atoms with Crippen molar-refractivity contribution in [1.29, 1.82) is 0 Å². The van der Waals surface area contributed by atoms with E-state index in [1.54, 1.807) is 24.3 Å². The van der Waals surface area contributed by atoms with Gasteiger partial charge in [0.2, 0.25) is 0 Å². The number of benzene rings is 2. The molecule has 1 aromatic heterocycles. The van der Waals surface area contributed by atoms with Crippen molar-refractivity contribution < 1.29 is 22.4 Å². The molecule has 0 aliphatic heterocycles. The van der Waals surface area contributed by atoms with Crippen molar-refractivity contribution in [2.24, 2.45) is 0 Å². The fraction of sp³-hybridized carbons (Fsp3) is 0.143. The minimum atomic E-state index is -3.84. The topological polar surface area (TPSA) is 105 Å². The van der Waals surface area contributed by atoms with E-state index in [4.69, 9.17) is 4.42 Å². The molecule has 1 heterocycles. The third-order valence-electron chi connectivity index (χ3n) is 4.26. The van der Waals surface area contributed by atoms with Crippen LogP contribution in [-0.2, 0) is 26.0 Å². The van der Waals surface area contributed by atoms with E-state index in [0.717, 1.165) is 5.56 Å². The molecule has 7 nitrogen and oxygen atoms in total. The van der Waals surface area contributed by atoms with Gasteiger partial charge in [-0.1, -0.05) is 48.5 Å². The molecule has 2 amide bonds. The van der Waals surface area contributed by atoms with Gasteiger partial charge in [0.05, 0.1) is 11.2 Å². The smallest absolute Gasteiger partial charge is 0.309 e. The second kappa shape index (κ2) is 9.20. The summed E-state index contributed by atoms with van der Waals surface area (Å²) in [6.07, 6.45) is 1.36. The number of furan rings is 1. The second-order valence-electron chi connectivity index (χ2n) is 6.24. The van der Waals surface area contributed by atoms with Crippen molar-refractivity contribution in [2.45, 2.75) is 16.7 Å². The Balaban J connectivity index is 1.67. The highest BCUT2D eigenvalue weighted by molar-refractivity contribution is 7.91. The van der Waals surface area contributed by atoms with Gasteiger partial charge in [-0.3, -0.25) is 9.59 Å². The molecule has 0 saturated carbocycles. The first kappa shape index (κ1) is 20.3. The van der Waals surface area contributed by atoms with Gasteiger partial charge in [0.25, 0.3) is 0 Å². The summed E-state index contributed by atoms with van der Waals surface area (Å²) < 4.78 is 31.3. The predicted octanol–water partition coefficient (Wildman–Crippen LogP) is 2.23. The average molecular weight is 412 g/mol. The van der Waals surface area contributed by atoms with Gasteiger partial charge in [0.15, 0.2) is 9.84 Å². The van der Waals surface area contributed by atoms with E-state index in [0.29, 0.717) is 0 Å². The Morgan fingerprint density at radius 3 is 2.07 bits per heavy atom. The van der Waals surface area contributed by atoms with Crippen molar-refractivity contribution in [3.63, 3.8) is 0 Å². The molecular formula is C21H20N2O5S. The Kier molecular flexibility index (Phi) is 6.46. The standard InChI is InChI=1S/C21H20N2O5S/c24-20(22-14-16-8-3-1-4-9-16)21(25)23-15-19(18-12-7-13-28-18)29(26,27)17-10-5-2-6-11-17/h1-13,19H,14-15H2,(H,22,24)(H,23,25)/t19-/m1/s1. The van der Waals surface area contributed by atoms with Crippen LogP contribution in [0.15, 0.2) is 88.4 Å². The minimum Gasteiger partial charge on any atom is -0.468 e. The van der Waals surface area contributed by atoms with Gasteiger partial charge >= 0.3 is 11.8 Å². The van der Waals surface area contributed by atoms with E-state index in [1.807, 2.05) is 30.3 Å². The van der Waals surface area contributed by atoms with E-state index in [-0.39, 0.29) is 23.7 Å². The molecule has 0 radical (unpaired) electrons. The van der Waals surface area contributed by atoms with Gasteiger partial charge in [0, 0.05) is 13.1 Å². The van der Waals surface area contributed by atoms with E-state index >= 15 is 0 Å². The summed E-state index contributed by atoms with van der Waals surface area (Å²) in [5, 5.41) is 3.74. The molecule has 8 heteroatoms. The molecule has 3 aromatic rings. The monoisotopic (exact) mass is 412 g/mol. The van der Waals surface area contributed by atoms with Crippen molar-refractivity contribution in [3.05, 3.63) is 90.4 Å². The fourth-order valence-corrected chi connectivity index (χ4v) is 4.34. The lowest BCUT2D eigenvalue weighted by atomic mass is 10.2. The van der Waals surface area contributed by atoms with Crippen LogP contribution in [0.3, 0.4) is 0 Å². The van der Waals surface area contributed by atoms with Crippen LogP contribution in [0.1, 0.15) is 16.6 Å². The average Bonchev–Trinajstić information content (AvgIpc) is 3.27. The first-order valence-corrected chi connectivity index (χ1v) is 10.5. The van der Waals surface area contributed by atoms with Crippen LogP contribution in [0, 0.1) is 0 Å². The van der Waals surface area contributed by atoms with Gasteiger partial charge in [-0.05, 0) is 29.8 Å². The van der Waals surface area contributed by atoms with Gasteiger partial charge in [-0.25, -0.2) is 8.42 Å². The first-order valence-electron chi connectivity index (χ1n) is 8.91. The van der Waals surface area contributed by atoms with Crippen LogP contribution < -0.4 is 10.6 Å². The summed E-state index contributed by atoms with van der Waals surface area (Å²) in [5.41, 5.74) is 0.841. The van der Waals surface area contributed by atoms with Gasteiger partial charge < -0.3 is 15.1 Å². The number of carbonyl (C=O) groups is 2. The zero-order chi connectivity index (χ0) is 20.7. The molecule has 0 spiro atoms. The second-order valence-corrected chi connectivity index (χ2v) is 8.37.